The molecular formula is C10H17NO3Si. The van der Waals surface area contributed by atoms with Gasteiger partial charge in [0, 0.05) is 6.42 Å². The van der Waals surface area contributed by atoms with Crippen LogP contribution in [0.1, 0.15) is 6.42 Å². The lowest BCUT2D eigenvalue weighted by Gasteiger charge is -2.09. The molecule has 1 fully saturated rings. The molecule has 84 valence electrons. The van der Waals surface area contributed by atoms with Crippen molar-refractivity contribution in [3.05, 3.63) is 0 Å². The number of cyclic esters (lactones) is 1. The third kappa shape index (κ3) is 4.86. The van der Waals surface area contributed by atoms with Crippen LogP contribution >= 0.6 is 0 Å². The molecule has 1 unspecified atom stereocenters. The van der Waals surface area contributed by atoms with Gasteiger partial charge in [-0.3, -0.25) is 0 Å². The minimum Gasteiger partial charge on any atom is -0.447 e. The summed E-state index contributed by atoms with van der Waals surface area (Å²) in [6.07, 6.45) is -0.655. The molecular weight excluding hydrogens is 210 g/mol. The summed E-state index contributed by atoms with van der Waals surface area (Å²) in [6, 6.07) is -0.108. The molecule has 0 saturated carbocycles. The number of rotatable bonds is 2. The van der Waals surface area contributed by atoms with Crippen molar-refractivity contribution >= 4 is 14.2 Å². The number of hydrogen-bond acceptors (Lipinski definition) is 3. The predicted molar refractivity (Wildman–Crippen MR) is 60.0 cm³/mol. The summed E-state index contributed by atoms with van der Waals surface area (Å²) >= 11 is 0. The number of carbonyl (C=O) groups is 1. The lowest BCUT2D eigenvalue weighted by Crippen LogP contribution is -2.30. The van der Waals surface area contributed by atoms with Crippen LogP contribution in [-0.4, -0.2) is 38.0 Å². The molecule has 0 aliphatic carbocycles. The third-order valence-electron chi connectivity index (χ3n) is 1.86. The fraction of sp³-hybridized carbons (Fsp3) is 0.700. The van der Waals surface area contributed by atoms with Crippen LogP contribution in [0.3, 0.4) is 0 Å². The van der Waals surface area contributed by atoms with Crippen LogP contribution in [0.15, 0.2) is 0 Å². The van der Waals surface area contributed by atoms with Crippen molar-refractivity contribution < 1.29 is 14.6 Å². The Morgan fingerprint density at radius 1 is 1.67 bits per heavy atom. The maximum Gasteiger partial charge on any atom is 0.407 e. The van der Waals surface area contributed by atoms with E-state index in [9.17, 15) is 9.90 Å². The van der Waals surface area contributed by atoms with E-state index in [1.165, 1.54) is 0 Å². The second-order valence-corrected chi connectivity index (χ2v) is 9.46. The molecule has 1 saturated heterocycles. The molecule has 0 bridgehead atoms. The molecule has 5 heteroatoms. The molecule has 0 aromatic heterocycles. The number of amides is 1. The van der Waals surface area contributed by atoms with Gasteiger partial charge in [-0.2, -0.15) is 0 Å². The van der Waals surface area contributed by atoms with E-state index in [2.05, 4.69) is 36.4 Å². The highest BCUT2D eigenvalue weighted by atomic mass is 28.3. The Hall–Kier alpha value is -0.993. The number of nitrogens with one attached hydrogen (secondary N) is 1. The van der Waals surface area contributed by atoms with Gasteiger partial charge in [0.05, 0.1) is 6.04 Å². The molecule has 1 rings (SSSR count). The van der Waals surface area contributed by atoms with E-state index < -0.39 is 20.3 Å². The van der Waals surface area contributed by atoms with Crippen molar-refractivity contribution in [2.75, 3.05) is 6.61 Å². The summed E-state index contributed by atoms with van der Waals surface area (Å²) in [7, 11) is -1.43. The molecule has 1 amide bonds. The zero-order chi connectivity index (χ0) is 11.5. The van der Waals surface area contributed by atoms with E-state index in [0.29, 0.717) is 13.0 Å². The van der Waals surface area contributed by atoms with Crippen LogP contribution < -0.4 is 5.32 Å². The Labute approximate surface area is 91.0 Å². The molecule has 0 aromatic rings. The summed E-state index contributed by atoms with van der Waals surface area (Å²) in [5, 5.41) is 12.2. The topological polar surface area (TPSA) is 58.6 Å². The van der Waals surface area contributed by atoms with E-state index >= 15 is 0 Å². The molecule has 0 aromatic carbocycles. The van der Waals surface area contributed by atoms with Crippen LogP contribution in [0, 0.1) is 11.5 Å². The minimum atomic E-state index is -1.43. The minimum absolute atomic E-state index is 0.108. The lowest BCUT2D eigenvalue weighted by atomic mass is 10.1. The van der Waals surface area contributed by atoms with E-state index in [1.807, 2.05) is 0 Å². The van der Waals surface area contributed by atoms with E-state index in [-0.39, 0.29) is 6.04 Å². The zero-order valence-electron chi connectivity index (χ0n) is 9.33. The van der Waals surface area contributed by atoms with Crippen LogP contribution in [0.4, 0.5) is 4.79 Å². The average Bonchev–Trinajstić information content (AvgIpc) is 2.47. The van der Waals surface area contributed by atoms with Gasteiger partial charge in [-0.05, 0) is 0 Å². The first kappa shape index (κ1) is 12.1. The molecule has 2 atom stereocenters. The first-order valence-corrected chi connectivity index (χ1v) is 8.51. The van der Waals surface area contributed by atoms with Crippen LogP contribution in [-0.2, 0) is 4.74 Å². The second kappa shape index (κ2) is 4.68. The number of ether oxygens (including phenoxy) is 1. The highest BCUT2D eigenvalue weighted by Gasteiger charge is 2.24. The van der Waals surface area contributed by atoms with Gasteiger partial charge in [-0.15, -0.1) is 5.54 Å². The largest absolute Gasteiger partial charge is 0.447 e. The van der Waals surface area contributed by atoms with Gasteiger partial charge in [-0.1, -0.05) is 25.6 Å². The van der Waals surface area contributed by atoms with Crippen LogP contribution in [0.5, 0.6) is 0 Å². The Kier molecular flexibility index (Phi) is 3.77. The molecule has 0 radical (unpaired) electrons. The summed E-state index contributed by atoms with van der Waals surface area (Å²) < 4.78 is 4.71. The Bertz CT molecular complexity index is 300. The summed E-state index contributed by atoms with van der Waals surface area (Å²) in [5.74, 6) is 2.82. The van der Waals surface area contributed by atoms with Crippen molar-refractivity contribution in [1.29, 1.82) is 0 Å². The molecule has 2 N–H and O–H groups in total. The monoisotopic (exact) mass is 227 g/mol. The smallest absolute Gasteiger partial charge is 0.407 e. The summed E-state index contributed by atoms with van der Waals surface area (Å²) in [6.45, 7) is 6.68. The normalized spacial score (nSPS) is 22.4. The highest BCUT2D eigenvalue weighted by molar-refractivity contribution is 6.83. The van der Waals surface area contributed by atoms with Gasteiger partial charge in [0.15, 0.2) is 0 Å². The third-order valence-corrected chi connectivity index (χ3v) is 2.75. The van der Waals surface area contributed by atoms with E-state index in [0.717, 1.165) is 0 Å². The van der Waals surface area contributed by atoms with Crippen molar-refractivity contribution in [3.63, 3.8) is 0 Å². The maximum absolute atomic E-state index is 10.7. The fourth-order valence-electron chi connectivity index (χ4n) is 1.18. The number of carbonyl (C=O) groups excluding carboxylic acids is 1. The molecule has 1 aliphatic heterocycles. The number of aliphatic hydroxyl groups excluding tert-OH is 1. The van der Waals surface area contributed by atoms with Crippen LogP contribution in [0.2, 0.25) is 19.6 Å². The Morgan fingerprint density at radius 2 is 2.33 bits per heavy atom. The molecule has 4 nitrogen and oxygen atoms in total. The standard InChI is InChI=1S/C10H17NO3Si/c1-15(2,3)5-4-9(12)6-8-7-14-10(13)11-8/h8-9,12H,6-7H2,1-3H3,(H,11,13)/t8-,9?/m1/s1. The van der Waals surface area contributed by atoms with Gasteiger partial charge >= 0.3 is 6.09 Å². The van der Waals surface area contributed by atoms with E-state index in [4.69, 9.17) is 4.74 Å². The van der Waals surface area contributed by atoms with Crippen molar-refractivity contribution in [1.82, 2.24) is 5.32 Å². The van der Waals surface area contributed by atoms with Crippen LogP contribution in [0.25, 0.3) is 0 Å². The van der Waals surface area contributed by atoms with Crippen molar-refractivity contribution in [2.45, 2.75) is 38.2 Å². The Balaban J connectivity index is 2.38. The van der Waals surface area contributed by atoms with Gasteiger partial charge in [0.25, 0.3) is 0 Å². The fourth-order valence-corrected chi connectivity index (χ4v) is 1.78. The van der Waals surface area contributed by atoms with Gasteiger partial charge < -0.3 is 15.2 Å². The number of aliphatic hydroxyl groups is 1. The summed E-state index contributed by atoms with van der Waals surface area (Å²) in [5.41, 5.74) is 3.09. The van der Waals surface area contributed by atoms with Gasteiger partial charge in [-0.25, -0.2) is 4.79 Å². The highest BCUT2D eigenvalue weighted by Crippen LogP contribution is 2.05. The predicted octanol–water partition coefficient (Wildman–Crippen LogP) is 0.727. The molecule has 0 spiro atoms. The van der Waals surface area contributed by atoms with E-state index in [1.54, 1.807) is 0 Å². The second-order valence-electron chi connectivity index (χ2n) is 4.71. The lowest BCUT2D eigenvalue weighted by molar-refractivity contribution is 0.172. The molecule has 1 heterocycles. The number of alkyl carbamates (subject to hydrolysis) is 1. The quantitative estimate of drug-likeness (QED) is 0.540. The zero-order valence-corrected chi connectivity index (χ0v) is 10.3. The first-order chi connectivity index (χ1) is 6.87. The number of hydrogen-bond donors (Lipinski definition) is 2. The van der Waals surface area contributed by atoms with Crippen molar-refractivity contribution in [2.24, 2.45) is 0 Å². The van der Waals surface area contributed by atoms with Gasteiger partial charge in [0.1, 0.15) is 20.8 Å². The average molecular weight is 227 g/mol. The van der Waals surface area contributed by atoms with Gasteiger partial charge in [0.2, 0.25) is 0 Å². The first-order valence-electron chi connectivity index (χ1n) is 5.01. The summed E-state index contributed by atoms with van der Waals surface area (Å²) in [4.78, 5) is 10.7. The molecule has 15 heavy (non-hydrogen) atoms. The van der Waals surface area contributed by atoms with Crippen molar-refractivity contribution in [3.8, 4) is 11.5 Å². The maximum atomic E-state index is 10.7. The Morgan fingerprint density at radius 3 is 2.80 bits per heavy atom. The molecule has 1 aliphatic rings. The SMILES string of the molecule is C[Si](C)(C)C#CC(O)C[C@@H]1COC(=O)N1.